The molecule has 3 heteroatoms. The highest BCUT2D eigenvalue weighted by molar-refractivity contribution is 6.22. The minimum absolute atomic E-state index is 0.706. The maximum Gasteiger partial charge on any atom is 0.160 e. The number of rotatable bonds is 4. The third kappa shape index (κ3) is 4.92. The van der Waals surface area contributed by atoms with E-state index >= 15 is 0 Å². The van der Waals surface area contributed by atoms with Gasteiger partial charge in [-0.1, -0.05) is 176 Å². The Kier molecular flexibility index (Phi) is 6.93. The minimum Gasteiger partial charge on any atom is -0.308 e. The molecule has 3 nitrogen and oxygen atoms in total. The number of benzene rings is 9. The summed E-state index contributed by atoms with van der Waals surface area (Å²) in [7, 11) is 0. The Bertz CT molecular complexity index is 3560. The van der Waals surface area contributed by atoms with E-state index in [2.05, 4.69) is 205 Å². The molecule has 0 aliphatic rings. The largest absolute Gasteiger partial charge is 0.308 e. The highest BCUT2D eigenvalue weighted by atomic mass is 14.9. The summed E-state index contributed by atoms with van der Waals surface area (Å²) in [6, 6.07) is 72.1. The molecule has 9 aromatic carbocycles. The van der Waals surface area contributed by atoms with Crippen molar-refractivity contribution in [1.29, 1.82) is 0 Å². The first-order chi connectivity index (χ1) is 28.3. The summed E-state index contributed by atoms with van der Waals surface area (Å²) >= 11 is 0. The average Bonchev–Trinajstić information content (AvgIpc) is 3.64. The van der Waals surface area contributed by atoms with E-state index in [1.165, 1.54) is 65.6 Å². The van der Waals surface area contributed by atoms with Gasteiger partial charge in [0.1, 0.15) is 0 Å². The van der Waals surface area contributed by atoms with Gasteiger partial charge in [-0.05, 0) is 62.5 Å². The molecule has 264 valence electrons. The van der Waals surface area contributed by atoms with Crippen LogP contribution in [0.2, 0.25) is 0 Å². The highest BCUT2D eigenvalue weighted by Gasteiger charge is 2.21. The van der Waals surface area contributed by atoms with Crippen molar-refractivity contribution in [2.24, 2.45) is 0 Å². The predicted octanol–water partition coefficient (Wildman–Crippen LogP) is 14.3. The molecule has 0 aliphatic heterocycles. The quantitative estimate of drug-likeness (QED) is 0.169. The molecule has 0 unspecified atom stereocenters. The van der Waals surface area contributed by atoms with Crippen molar-refractivity contribution in [3.05, 3.63) is 200 Å². The Morgan fingerprint density at radius 1 is 0.316 bits per heavy atom. The van der Waals surface area contributed by atoms with Crippen LogP contribution in [-0.2, 0) is 0 Å². The second-order valence-electron chi connectivity index (χ2n) is 14.9. The van der Waals surface area contributed by atoms with Crippen LogP contribution in [0.4, 0.5) is 0 Å². The smallest absolute Gasteiger partial charge is 0.160 e. The first-order valence-corrected chi connectivity index (χ1v) is 19.5. The van der Waals surface area contributed by atoms with Crippen LogP contribution in [0.5, 0.6) is 0 Å². The molecular weight excluding hydrogens is 691 g/mol. The van der Waals surface area contributed by atoms with E-state index in [9.17, 15) is 0 Å². The first-order valence-electron chi connectivity index (χ1n) is 19.5. The molecule has 0 N–H and O–H groups in total. The zero-order valence-corrected chi connectivity index (χ0v) is 30.9. The number of hydrogen-bond donors (Lipinski definition) is 0. The van der Waals surface area contributed by atoms with Crippen molar-refractivity contribution in [2.75, 3.05) is 0 Å². The Morgan fingerprint density at radius 2 is 0.912 bits per heavy atom. The van der Waals surface area contributed by atoms with Crippen molar-refractivity contribution >= 4 is 70.5 Å². The van der Waals surface area contributed by atoms with Crippen LogP contribution in [0.3, 0.4) is 0 Å². The lowest BCUT2D eigenvalue weighted by molar-refractivity contribution is 1.23. The van der Waals surface area contributed by atoms with E-state index < -0.39 is 0 Å². The molecule has 0 saturated heterocycles. The monoisotopic (exact) mass is 723 g/mol. The molecule has 0 saturated carbocycles. The summed E-state index contributed by atoms with van der Waals surface area (Å²) in [5.74, 6) is 0.706. The topological polar surface area (TPSA) is 30.2 Å². The molecule has 0 radical (unpaired) electrons. The van der Waals surface area contributed by atoms with Gasteiger partial charge in [0.2, 0.25) is 0 Å². The summed E-state index contributed by atoms with van der Waals surface area (Å²) < 4.78 is 2.47. The number of aromatic nitrogens is 3. The second-order valence-corrected chi connectivity index (χ2v) is 14.9. The Balaban J connectivity index is 1.16. The lowest BCUT2D eigenvalue weighted by Gasteiger charge is -2.13. The van der Waals surface area contributed by atoms with Crippen LogP contribution in [0, 0.1) is 0 Å². The molecular formula is C54H33N3. The summed E-state index contributed by atoms with van der Waals surface area (Å²) in [6.45, 7) is 0. The van der Waals surface area contributed by atoms with Crippen molar-refractivity contribution in [1.82, 2.24) is 14.4 Å². The summed E-state index contributed by atoms with van der Waals surface area (Å²) in [5, 5.41) is 10.6. The van der Waals surface area contributed by atoms with E-state index in [1.54, 1.807) is 0 Å². The van der Waals surface area contributed by atoms with Crippen LogP contribution in [-0.4, -0.2) is 14.4 Å². The molecule has 0 spiro atoms. The summed E-state index contributed by atoms with van der Waals surface area (Å²) in [4.78, 5) is 10.8. The van der Waals surface area contributed by atoms with Crippen LogP contribution >= 0.6 is 0 Å². The lowest BCUT2D eigenvalue weighted by Crippen LogP contribution is -1.96. The van der Waals surface area contributed by atoms with Gasteiger partial charge in [0.05, 0.1) is 27.8 Å². The van der Waals surface area contributed by atoms with Gasteiger partial charge >= 0.3 is 0 Å². The van der Waals surface area contributed by atoms with Gasteiger partial charge in [-0.15, -0.1) is 0 Å². The molecule has 12 aromatic rings. The first kappa shape index (κ1) is 31.7. The molecule has 57 heavy (non-hydrogen) atoms. The van der Waals surface area contributed by atoms with Crippen molar-refractivity contribution < 1.29 is 0 Å². The molecule has 0 fully saturated rings. The zero-order chi connectivity index (χ0) is 37.5. The van der Waals surface area contributed by atoms with E-state index in [4.69, 9.17) is 9.97 Å². The van der Waals surface area contributed by atoms with Gasteiger partial charge in [0, 0.05) is 43.6 Å². The van der Waals surface area contributed by atoms with E-state index in [-0.39, 0.29) is 0 Å². The van der Waals surface area contributed by atoms with Crippen molar-refractivity contribution in [2.45, 2.75) is 0 Å². The molecule has 3 heterocycles. The fourth-order valence-electron chi connectivity index (χ4n) is 9.05. The fraction of sp³-hybridized carbons (Fsp3) is 0. The Hall–Kier alpha value is -7.62. The van der Waals surface area contributed by atoms with E-state index in [0.717, 1.165) is 44.0 Å². The summed E-state index contributed by atoms with van der Waals surface area (Å²) in [6.07, 6.45) is 0. The van der Waals surface area contributed by atoms with Crippen LogP contribution in [0.15, 0.2) is 200 Å². The number of pyridine rings is 1. The normalized spacial score (nSPS) is 11.9. The van der Waals surface area contributed by atoms with Crippen LogP contribution < -0.4 is 0 Å². The zero-order valence-electron chi connectivity index (χ0n) is 30.9. The maximum atomic E-state index is 5.44. The minimum atomic E-state index is 0.706. The van der Waals surface area contributed by atoms with Gasteiger partial charge in [-0.3, -0.25) is 0 Å². The highest BCUT2D eigenvalue weighted by Crippen LogP contribution is 2.44. The van der Waals surface area contributed by atoms with E-state index in [1.807, 2.05) is 0 Å². The van der Waals surface area contributed by atoms with Gasteiger partial charge in [0.25, 0.3) is 0 Å². The Morgan fingerprint density at radius 3 is 1.75 bits per heavy atom. The number of hydrogen-bond acceptors (Lipinski definition) is 2. The lowest BCUT2D eigenvalue weighted by atomic mass is 9.96. The molecule has 0 atom stereocenters. The summed E-state index contributed by atoms with van der Waals surface area (Å²) in [5.41, 5.74) is 12.2. The predicted molar refractivity (Wildman–Crippen MR) is 240 cm³/mol. The molecule has 3 aromatic heterocycles. The van der Waals surface area contributed by atoms with Gasteiger partial charge < -0.3 is 4.40 Å². The number of fused-ring (bicyclic) bond motifs is 12. The molecule has 0 amide bonds. The van der Waals surface area contributed by atoms with Gasteiger partial charge in [-0.2, -0.15) is 0 Å². The van der Waals surface area contributed by atoms with Crippen molar-refractivity contribution in [3.8, 4) is 44.9 Å². The molecule has 0 bridgehead atoms. The SMILES string of the molecule is c1ccc(-c2ccc(-c3c4ccc(-c5nc(-c6ccc7ccccc7c6)c6ccc7ccccc7c6n5)cc4n4c5ccccc5c5ccccc5c34)cc2)cc1. The number of nitrogens with zero attached hydrogens (tertiary/aromatic N) is 3. The van der Waals surface area contributed by atoms with Crippen LogP contribution in [0.25, 0.3) is 115 Å². The standard InChI is InChI=1S/C54H33N3/c1-2-12-34(13-3-1)36-22-25-38(26-23-36)50-46-30-29-41(33-49(46)57-48-21-11-10-19-44(48)43-18-8-9-20-45(43)53(50)57)54-55-51(40-27-24-35-14-4-5-16-39(35)32-40)47-31-28-37-15-6-7-17-42(37)52(47)56-54/h1-33H. The average molecular weight is 724 g/mol. The van der Waals surface area contributed by atoms with Gasteiger partial charge in [0.15, 0.2) is 5.82 Å². The third-order valence-electron chi connectivity index (χ3n) is 11.7. The van der Waals surface area contributed by atoms with Gasteiger partial charge in [-0.25, -0.2) is 9.97 Å². The second kappa shape index (κ2) is 12.5. The third-order valence-corrected chi connectivity index (χ3v) is 11.7. The Labute approximate surface area is 328 Å². The number of para-hydroxylation sites is 1. The van der Waals surface area contributed by atoms with Crippen molar-refractivity contribution in [3.63, 3.8) is 0 Å². The maximum absolute atomic E-state index is 5.44. The molecule has 0 aliphatic carbocycles. The van der Waals surface area contributed by atoms with E-state index in [0.29, 0.717) is 5.82 Å². The fourth-order valence-corrected chi connectivity index (χ4v) is 9.05. The van der Waals surface area contributed by atoms with Crippen LogP contribution in [0.1, 0.15) is 0 Å². The molecule has 12 rings (SSSR count).